The summed E-state index contributed by atoms with van der Waals surface area (Å²) in [6.07, 6.45) is 6.90. The lowest BCUT2D eigenvalue weighted by molar-refractivity contribution is 0.349. The fourth-order valence-electron chi connectivity index (χ4n) is 2.38. The van der Waals surface area contributed by atoms with Crippen LogP contribution in [-0.4, -0.2) is 21.0 Å². The maximum atomic E-state index is 5.65. The first-order valence-electron chi connectivity index (χ1n) is 5.88. The minimum Gasteiger partial charge on any atom is -0.388 e. The van der Waals surface area contributed by atoms with Crippen molar-refractivity contribution in [2.75, 3.05) is 5.32 Å². The molecule has 1 fully saturated rings. The van der Waals surface area contributed by atoms with Gasteiger partial charge in [-0.1, -0.05) is 32.5 Å². The Morgan fingerprint density at radius 1 is 1.47 bits per heavy atom. The average molecular weight is 250 g/mol. The van der Waals surface area contributed by atoms with Crippen LogP contribution in [0.15, 0.2) is 12.4 Å². The van der Waals surface area contributed by atoms with Crippen molar-refractivity contribution in [3.8, 4) is 0 Å². The summed E-state index contributed by atoms with van der Waals surface area (Å²) in [5.41, 5.74) is 6.52. The molecule has 0 bridgehead atoms. The molecular weight excluding hydrogens is 232 g/mol. The van der Waals surface area contributed by atoms with E-state index in [0.29, 0.717) is 17.6 Å². The van der Waals surface area contributed by atoms with Crippen molar-refractivity contribution >= 4 is 23.0 Å². The van der Waals surface area contributed by atoms with Crippen molar-refractivity contribution in [3.63, 3.8) is 0 Å². The van der Waals surface area contributed by atoms with E-state index in [4.69, 9.17) is 18.0 Å². The number of hydrogen-bond acceptors (Lipinski definition) is 4. The van der Waals surface area contributed by atoms with Crippen molar-refractivity contribution in [1.29, 1.82) is 0 Å². The summed E-state index contributed by atoms with van der Waals surface area (Å²) in [5.74, 6) is 0.708. The molecule has 92 valence electrons. The van der Waals surface area contributed by atoms with E-state index in [1.54, 1.807) is 12.4 Å². The first-order valence-corrected chi connectivity index (χ1v) is 6.29. The first-order chi connectivity index (χ1) is 8.00. The third kappa shape index (κ3) is 2.54. The van der Waals surface area contributed by atoms with E-state index in [-0.39, 0.29) is 10.4 Å². The lowest BCUT2D eigenvalue weighted by atomic mass is 9.87. The molecule has 0 spiro atoms. The van der Waals surface area contributed by atoms with Gasteiger partial charge < -0.3 is 11.1 Å². The molecule has 0 saturated heterocycles. The van der Waals surface area contributed by atoms with Gasteiger partial charge in [-0.2, -0.15) is 0 Å². The van der Waals surface area contributed by atoms with E-state index in [2.05, 4.69) is 29.1 Å². The van der Waals surface area contributed by atoms with Gasteiger partial charge >= 0.3 is 0 Å². The molecule has 17 heavy (non-hydrogen) atoms. The molecule has 5 heteroatoms. The molecule has 0 radical (unpaired) electrons. The number of nitrogens with two attached hydrogens (primary N) is 1. The molecule has 1 saturated carbocycles. The molecule has 0 amide bonds. The van der Waals surface area contributed by atoms with Gasteiger partial charge in [0.15, 0.2) is 5.82 Å². The van der Waals surface area contributed by atoms with Crippen molar-refractivity contribution in [2.24, 2.45) is 11.1 Å². The first kappa shape index (κ1) is 12.2. The molecule has 0 aromatic carbocycles. The Morgan fingerprint density at radius 3 is 2.76 bits per heavy atom. The zero-order valence-corrected chi connectivity index (χ0v) is 11.0. The highest BCUT2D eigenvalue weighted by Crippen LogP contribution is 2.38. The number of hydrogen-bond donors (Lipinski definition) is 2. The minimum absolute atomic E-state index is 0.283. The van der Waals surface area contributed by atoms with Gasteiger partial charge in [0.2, 0.25) is 0 Å². The maximum absolute atomic E-state index is 5.65. The molecule has 2 rings (SSSR count). The molecule has 1 aliphatic rings. The molecule has 4 nitrogen and oxygen atoms in total. The Labute approximate surface area is 107 Å². The van der Waals surface area contributed by atoms with Crippen LogP contribution >= 0.6 is 12.2 Å². The second-order valence-electron chi connectivity index (χ2n) is 5.20. The van der Waals surface area contributed by atoms with E-state index in [0.717, 1.165) is 6.42 Å². The second-order valence-corrected chi connectivity index (χ2v) is 5.64. The molecule has 1 heterocycles. The topological polar surface area (TPSA) is 63.8 Å². The van der Waals surface area contributed by atoms with Crippen molar-refractivity contribution in [2.45, 2.75) is 39.2 Å². The molecule has 1 aliphatic carbocycles. The lowest BCUT2D eigenvalue weighted by Gasteiger charge is -2.28. The molecular formula is C12H18N4S. The highest BCUT2D eigenvalue weighted by Gasteiger charge is 2.35. The maximum Gasteiger partial charge on any atom is 0.155 e. The number of anilines is 1. The van der Waals surface area contributed by atoms with E-state index >= 15 is 0 Å². The van der Waals surface area contributed by atoms with Gasteiger partial charge in [-0.3, -0.25) is 0 Å². The molecule has 1 unspecified atom stereocenters. The Bertz CT molecular complexity index is 430. The zero-order chi connectivity index (χ0) is 12.5. The zero-order valence-electron chi connectivity index (χ0n) is 10.2. The quantitative estimate of drug-likeness (QED) is 0.804. The second kappa shape index (κ2) is 4.56. The van der Waals surface area contributed by atoms with E-state index in [9.17, 15) is 0 Å². The molecule has 3 N–H and O–H groups in total. The largest absolute Gasteiger partial charge is 0.388 e. The lowest BCUT2D eigenvalue weighted by Crippen LogP contribution is -2.32. The van der Waals surface area contributed by atoms with E-state index in [1.165, 1.54) is 12.8 Å². The van der Waals surface area contributed by atoms with Gasteiger partial charge in [0.05, 0.1) is 0 Å². The highest BCUT2D eigenvalue weighted by atomic mass is 32.1. The summed E-state index contributed by atoms with van der Waals surface area (Å²) in [6.45, 7) is 4.54. The molecule has 1 aromatic rings. The Morgan fingerprint density at radius 2 is 2.18 bits per heavy atom. The molecule has 1 aromatic heterocycles. The fourth-order valence-corrected chi connectivity index (χ4v) is 2.53. The highest BCUT2D eigenvalue weighted by molar-refractivity contribution is 7.80. The van der Waals surface area contributed by atoms with Gasteiger partial charge in [0.1, 0.15) is 10.7 Å². The number of nitrogens with zero attached hydrogens (tertiary/aromatic N) is 2. The SMILES string of the molecule is CC1(C)CCCC1Nc1nccnc1C(N)=S. The van der Waals surface area contributed by atoms with Crippen LogP contribution < -0.4 is 11.1 Å². The monoisotopic (exact) mass is 250 g/mol. The number of aromatic nitrogens is 2. The van der Waals surface area contributed by atoms with Crippen LogP contribution in [0.3, 0.4) is 0 Å². The smallest absolute Gasteiger partial charge is 0.155 e. The summed E-state index contributed by atoms with van der Waals surface area (Å²) >= 11 is 4.98. The van der Waals surface area contributed by atoms with Crippen LogP contribution in [0.1, 0.15) is 38.8 Å². The van der Waals surface area contributed by atoms with Gasteiger partial charge in [0.25, 0.3) is 0 Å². The third-order valence-electron chi connectivity index (χ3n) is 3.50. The van der Waals surface area contributed by atoms with Crippen LogP contribution in [0.2, 0.25) is 0 Å². The van der Waals surface area contributed by atoms with E-state index in [1.807, 2.05) is 0 Å². The van der Waals surface area contributed by atoms with Crippen LogP contribution in [0.5, 0.6) is 0 Å². The normalized spacial score (nSPS) is 22.4. The van der Waals surface area contributed by atoms with Gasteiger partial charge in [-0.05, 0) is 18.3 Å². The van der Waals surface area contributed by atoms with Crippen molar-refractivity contribution in [3.05, 3.63) is 18.1 Å². The van der Waals surface area contributed by atoms with Gasteiger partial charge in [-0.25, -0.2) is 9.97 Å². The molecule has 0 aliphatic heterocycles. The van der Waals surface area contributed by atoms with Gasteiger partial charge in [-0.15, -0.1) is 0 Å². The number of rotatable bonds is 3. The summed E-state index contributed by atoms with van der Waals surface area (Å²) in [5, 5.41) is 3.44. The Balaban J connectivity index is 2.21. The fraction of sp³-hybridized carbons (Fsp3) is 0.583. The standard InChI is InChI=1S/C12H18N4S/c1-12(2)5-3-4-8(12)16-11-9(10(13)17)14-6-7-15-11/h6-8H,3-5H2,1-2H3,(H2,13,17)(H,15,16). The summed E-state index contributed by atoms with van der Waals surface area (Å²) in [4.78, 5) is 8.75. The van der Waals surface area contributed by atoms with Crippen LogP contribution in [0.4, 0.5) is 5.82 Å². The minimum atomic E-state index is 0.283. The number of thiocarbonyl (C=S) groups is 1. The summed E-state index contributed by atoms with van der Waals surface area (Å²) in [7, 11) is 0. The van der Waals surface area contributed by atoms with Crippen molar-refractivity contribution in [1.82, 2.24) is 9.97 Å². The van der Waals surface area contributed by atoms with Crippen LogP contribution in [0.25, 0.3) is 0 Å². The summed E-state index contributed by atoms with van der Waals surface area (Å²) in [6, 6.07) is 0.410. The summed E-state index contributed by atoms with van der Waals surface area (Å²) < 4.78 is 0. The third-order valence-corrected chi connectivity index (χ3v) is 3.69. The van der Waals surface area contributed by atoms with Crippen LogP contribution in [0, 0.1) is 5.41 Å². The molecule has 1 atom stereocenters. The van der Waals surface area contributed by atoms with Crippen molar-refractivity contribution < 1.29 is 0 Å². The van der Waals surface area contributed by atoms with Gasteiger partial charge in [0, 0.05) is 18.4 Å². The number of nitrogens with one attached hydrogen (secondary N) is 1. The van der Waals surface area contributed by atoms with Crippen LogP contribution in [-0.2, 0) is 0 Å². The Kier molecular flexibility index (Phi) is 3.28. The predicted molar refractivity (Wildman–Crippen MR) is 73.0 cm³/mol. The predicted octanol–water partition coefficient (Wildman–Crippen LogP) is 2.10. The average Bonchev–Trinajstić information content (AvgIpc) is 2.59. The van der Waals surface area contributed by atoms with E-state index < -0.39 is 0 Å². The Hall–Kier alpha value is -1.23.